The zero-order chi connectivity index (χ0) is 24.5. The first-order valence-corrected chi connectivity index (χ1v) is 10.4. The van der Waals surface area contributed by atoms with E-state index in [1.807, 2.05) is 37.3 Å². The highest BCUT2D eigenvalue weighted by Crippen LogP contribution is 2.30. The zero-order valence-electron chi connectivity index (χ0n) is 19.1. The van der Waals surface area contributed by atoms with E-state index in [4.69, 9.17) is 9.47 Å². The van der Waals surface area contributed by atoms with Crippen molar-refractivity contribution in [2.45, 2.75) is 13.5 Å². The third kappa shape index (κ3) is 6.24. The molecular weight excluding hydrogens is 432 g/mol. The van der Waals surface area contributed by atoms with Crippen molar-refractivity contribution in [3.05, 3.63) is 94.6 Å². The van der Waals surface area contributed by atoms with Crippen LogP contribution in [0.1, 0.15) is 27.0 Å². The van der Waals surface area contributed by atoms with Crippen molar-refractivity contribution in [2.75, 3.05) is 19.5 Å². The van der Waals surface area contributed by atoms with Crippen LogP contribution in [0, 0.1) is 18.3 Å². The molecule has 0 fully saturated rings. The van der Waals surface area contributed by atoms with Gasteiger partial charge in [0.25, 0.3) is 5.91 Å². The van der Waals surface area contributed by atoms with Crippen LogP contribution >= 0.6 is 0 Å². The molecular formula is C27H24N2O5. The summed E-state index contributed by atoms with van der Waals surface area (Å²) in [6.45, 7) is 2.41. The second-order valence-corrected chi connectivity index (χ2v) is 7.38. The Kier molecular flexibility index (Phi) is 8.03. The van der Waals surface area contributed by atoms with Crippen molar-refractivity contribution >= 4 is 23.6 Å². The van der Waals surface area contributed by atoms with Gasteiger partial charge in [0.2, 0.25) is 0 Å². The predicted octanol–water partition coefficient (Wildman–Crippen LogP) is 4.91. The molecule has 0 saturated heterocycles. The van der Waals surface area contributed by atoms with Crippen LogP contribution in [0.3, 0.4) is 0 Å². The lowest BCUT2D eigenvalue weighted by atomic mass is 10.1. The van der Waals surface area contributed by atoms with Gasteiger partial charge >= 0.3 is 5.97 Å². The molecule has 0 saturated carbocycles. The number of hydrogen-bond donors (Lipinski definition) is 1. The fourth-order valence-corrected chi connectivity index (χ4v) is 3.06. The Morgan fingerprint density at radius 2 is 1.68 bits per heavy atom. The molecule has 0 aliphatic heterocycles. The van der Waals surface area contributed by atoms with Crippen LogP contribution in [0.5, 0.6) is 11.5 Å². The Morgan fingerprint density at radius 1 is 0.971 bits per heavy atom. The molecule has 0 aliphatic rings. The Hall–Kier alpha value is -4.57. The maximum absolute atomic E-state index is 12.6. The van der Waals surface area contributed by atoms with E-state index in [0.717, 1.165) is 5.56 Å². The molecule has 1 N–H and O–H groups in total. The molecule has 0 atom stereocenters. The van der Waals surface area contributed by atoms with Crippen LogP contribution in [-0.4, -0.2) is 26.1 Å². The average molecular weight is 456 g/mol. The van der Waals surface area contributed by atoms with Gasteiger partial charge in [0, 0.05) is 5.69 Å². The van der Waals surface area contributed by atoms with Gasteiger partial charge < -0.3 is 19.5 Å². The third-order valence-corrected chi connectivity index (χ3v) is 4.94. The Balaban J connectivity index is 1.71. The van der Waals surface area contributed by atoms with Crippen molar-refractivity contribution < 1.29 is 23.8 Å². The summed E-state index contributed by atoms with van der Waals surface area (Å²) >= 11 is 0. The van der Waals surface area contributed by atoms with Gasteiger partial charge in [0.15, 0.2) is 11.5 Å². The van der Waals surface area contributed by atoms with E-state index in [2.05, 4.69) is 10.1 Å². The number of aryl methyl sites for hydroxylation is 1. The van der Waals surface area contributed by atoms with E-state index in [1.165, 1.54) is 38.0 Å². The van der Waals surface area contributed by atoms with Crippen LogP contribution < -0.4 is 14.8 Å². The molecule has 0 aromatic heterocycles. The molecule has 7 nitrogen and oxygen atoms in total. The SMILES string of the molecule is COC(=O)c1ccc(NC(=O)/C(C#N)=C/c2ccc(OCc3ccc(C)cc3)c(OC)c2)cc1. The van der Waals surface area contributed by atoms with E-state index in [1.54, 1.807) is 30.3 Å². The lowest BCUT2D eigenvalue weighted by Crippen LogP contribution is -2.13. The lowest BCUT2D eigenvalue weighted by Gasteiger charge is -2.12. The summed E-state index contributed by atoms with van der Waals surface area (Å²) in [6, 6.07) is 21.3. The number of hydrogen-bond acceptors (Lipinski definition) is 6. The van der Waals surface area contributed by atoms with Gasteiger partial charge in [0.1, 0.15) is 18.2 Å². The Morgan fingerprint density at radius 3 is 2.29 bits per heavy atom. The molecule has 0 aliphatic carbocycles. The van der Waals surface area contributed by atoms with Crippen molar-refractivity contribution in [3.63, 3.8) is 0 Å². The summed E-state index contributed by atoms with van der Waals surface area (Å²) in [7, 11) is 2.82. The number of benzene rings is 3. The Labute approximate surface area is 198 Å². The molecule has 3 rings (SSSR count). The highest BCUT2D eigenvalue weighted by Gasteiger charge is 2.12. The summed E-state index contributed by atoms with van der Waals surface area (Å²) in [4.78, 5) is 24.1. The Bertz CT molecular complexity index is 1240. The second kappa shape index (κ2) is 11.3. The highest BCUT2D eigenvalue weighted by molar-refractivity contribution is 6.09. The molecule has 0 unspecified atom stereocenters. The number of amides is 1. The first kappa shape index (κ1) is 24.1. The number of nitrogens with one attached hydrogen (secondary N) is 1. The number of rotatable bonds is 8. The van der Waals surface area contributed by atoms with Crippen LogP contribution in [0.4, 0.5) is 5.69 Å². The van der Waals surface area contributed by atoms with Gasteiger partial charge in [-0.25, -0.2) is 4.79 Å². The zero-order valence-corrected chi connectivity index (χ0v) is 19.1. The van der Waals surface area contributed by atoms with Gasteiger partial charge in [-0.1, -0.05) is 35.9 Å². The fourth-order valence-electron chi connectivity index (χ4n) is 3.06. The van der Waals surface area contributed by atoms with Gasteiger partial charge in [-0.2, -0.15) is 5.26 Å². The molecule has 0 spiro atoms. The van der Waals surface area contributed by atoms with Crippen molar-refractivity contribution in [1.82, 2.24) is 0 Å². The summed E-state index contributed by atoms with van der Waals surface area (Å²) in [5.74, 6) is -0.0199. The minimum atomic E-state index is -0.577. The minimum Gasteiger partial charge on any atom is -0.493 e. The summed E-state index contributed by atoms with van der Waals surface area (Å²) in [5.41, 5.74) is 3.51. The minimum absolute atomic E-state index is 0.0904. The first-order valence-electron chi connectivity index (χ1n) is 10.4. The largest absolute Gasteiger partial charge is 0.493 e. The van der Waals surface area contributed by atoms with E-state index < -0.39 is 11.9 Å². The molecule has 172 valence electrons. The monoisotopic (exact) mass is 456 g/mol. The summed E-state index contributed by atoms with van der Waals surface area (Å²) < 4.78 is 16.0. The van der Waals surface area contributed by atoms with Gasteiger partial charge in [-0.3, -0.25) is 4.79 Å². The topological polar surface area (TPSA) is 97.7 Å². The number of nitriles is 1. The maximum Gasteiger partial charge on any atom is 0.337 e. The molecule has 0 heterocycles. The molecule has 7 heteroatoms. The highest BCUT2D eigenvalue weighted by atomic mass is 16.5. The molecule has 3 aromatic carbocycles. The predicted molar refractivity (Wildman–Crippen MR) is 129 cm³/mol. The third-order valence-electron chi connectivity index (χ3n) is 4.94. The molecule has 3 aromatic rings. The van der Waals surface area contributed by atoms with Crippen molar-refractivity contribution in [1.29, 1.82) is 5.26 Å². The van der Waals surface area contributed by atoms with Crippen molar-refractivity contribution in [2.24, 2.45) is 0 Å². The van der Waals surface area contributed by atoms with Crippen LogP contribution in [-0.2, 0) is 16.1 Å². The summed E-state index contributed by atoms with van der Waals surface area (Å²) in [6.07, 6.45) is 1.46. The number of esters is 1. The van der Waals surface area contributed by atoms with E-state index >= 15 is 0 Å². The van der Waals surface area contributed by atoms with E-state index in [-0.39, 0.29) is 5.57 Å². The second-order valence-electron chi connectivity index (χ2n) is 7.38. The molecule has 34 heavy (non-hydrogen) atoms. The summed E-state index contributed by atoms with van der Waals surface area (Å²) in [5, 5.41) is 12.1. The lowest BCUT2D eigenvalue weighted by molar-refractivity contribution is -0.112. The van der Waals surface area contributed by atoms with Gasteiger partial charge in [-0.05, 0) is 60.5 Å². The van der Waals surface area contributed by atoms with Crippen LogP contribution in [0.15, 0.2) is 72.3 Å². The van der Waals surface area contributed by atoms with Crippen LogP contribution in [0.2, 0.25) is 0 Å². The first-order chi connectivity index (χ1) is 16.4. The normalized spacial score (nSPS) is 10.7. The van der Waals surface area contributed by atoms with Crippen molar-refractivity contribution in [3.8, 4) is 17.6 Å². The molecule has 0 bridgehead atoms. The number of carbonyl (C=O) groups excluding carboxylic acids is 2. The number of carbonyl (C=O) groups is 2. The number of anilines is 1. The number of methoxy groups -OCH3 is 2. The molecule has 1 amide bonds. The number of nitrogens with zero attached hydrogens (tertiary/aromatic N) is 1. The fraction of sp³-hybridized carbons (Fsp3) is 0.148. The van der Waals surface area contributed by atoms with Gasteiger partial charge in [-0.15, -0.1) is 0 Å². The van der Waals surface area contributed by atoms with Crippen LogP contribution in [0.25, 0.3) is 6.08 Å². The van der Waals surface area contributed by atoms with E-state index in [9.17, 15) is 14.9 Å². The smallest absolute Gasteiger partial charge is 0.337 e. The average Bonchev–Trinajstić information content (AvgIpc) is 2.87. The maximum atomic E-state index is 12.6. The molecule has 0 radical (unpaired) electrons. The standard InChI is InChI=1S/C27H24N2O5/c1-18-4-6-19(7-5-18)17-34-24-13-8-20(15-25(24)32-2)14-22(16-28)26(30)29-23-11-9-21(10-12-23)27(31)33-3/h4-15H,17H2,1-3H3,(H,29,30)/b22-14+. The van der Waals surface area contributed by atoms with Gasteiger partial charge in [0.05, 0.1) is 19.8 Å². The van der Waals surface area contributed by atoms with E-state index in [0.29, 0.717) is 34.9 Å². The quantitative estimate of drug-likeness (QED) is 0.294. The number of ether oxygens (including phenoxy) is 3.